The molecule has 0 aliphatic carbocycles. The predicted molar refractivity (Wildman–Crippen MR) is 59.5 cm³/mol. The summed E-state index contributed by atoms with van der Waals surface area (Å²) >= 11 is 0. The molecule has 0 rings (SSSR count). The minimum Gasteiger partial charge on any atom is -0.462 e. The maximum atomic E-state index is 11.4. The molecule has 0 aliphatic rings. The summed E-state index contributed by atoms with van der Waals surface area (Å²) in [7, 11) is 0. The van der Waals surface area contributed by atoms with Crippen LogP contribution in [0.25, 0.3) is 0 Å². The molecule has 3 heteroatoms. The van der Waals surface area contributed by atoms with E-state index in [0.717, 1.165) is 12.8 Å². The summed E-state index contributed by atoms with van der Waals surface area (Å²) in [6.07, 6.45) is 3.15. The highest BCUT2D eigenvalue weighted by Gasteiger charge is 2.15. The summed E-state index contributed by atoms with van der Waals surface area (Å²) in [5.41, 5.74) is 0.178. The third-order valence-corrected chi connectivity index (χ3v) is 1.83. The van der Waals surface area contributed by atoms with Crippen LogP contribution in [0.1, 0.15) is 40.5 Å². The van der Waals surface area contributed by atoms with Crippen molar-refractivity contribution in [3.05, 3.63) is 11.6 Å². The first-order valence-corrected chi connectivity index (χ1v) is 5.37. The molecule has 0 bridgehead atoms. The largest absolute Gasteiger partial charge is 0.462 e. The van der Waals surface area contributed by atoms with Gasteiger partial charge in [0.15, 0.2) is 5.78 Å². The number of rotatable bonds is 6. The Bertz CT molecular complexity index is 252. The topological polar surface area (TPSA) is 43.4 Å². The van der Waals surface area contributed by atoms with E-state index >= 15 is 0 Å². The minimum absolute atomic E-state index is 0.178. The van der Waals surface area contributed by atoms with Gasteiger partial charge in [-0.25, -0.2) is 4.79 Å². The van der Waals surface area contributed by atoms with Crippen molar-refractivity contribution >= 4 is 11.8 Å². The zero-order valence-electron chi connectivity index (χ0n) is 10.0. The molecule has 0 fully saturated rings. The quantitative estimate of drug-likeness (QED) is 0.294. The van der Waals surface area contributed by atoms with Gasteiger partial charge in [-0.2, -0.15) is 0 Å². The molecule has 0 heterocycles. The van der Waals surface area contributed by atoms with Crippen LogP contribution in [0.5, 0.6) is 0 Å². The summed E-state index contributed by atoms with van der Waals surface area (Å²) in [6.45, 7) is 7.74. The Kier molecular flexibility index (Phi) is 6.67. The van der Waals surface area contributed by atoms with E-state index in [4.69, 9.17) is 4.74 Å². The SMILES string of the molecule is CCCOC(=O)C(=CCC(C)C)C(C)=O. The van der Waals surface area contributed by atoms with E-state index < -0.39 is 5.97 Å². The van der Waals surface area contributed by atoms with Crippen LogP contribution in [-0.4, -0.2) is 18.4 Å². The van der Waals surface area contributed by atoms with Crippen molar-refractivity contribution in [3.8, 4) is 0 Å². The highest BCUT2D eigenvalue weighted by molar-refractivity contribution is 6.16. The highest BCUT2D eigenvalue weighted by Crippen LogP contribution is 2.07. The molecular weight excluding hydrogens is 192 g/mol. The third-order valence-electron chi connectivity index (χ3n) is 1.83. The van der Waals surface area contributed by atoms with Gasteiger partial charge in [-0.05, 0) is 25.7 Å². The van der Waals surface area contributed by atoms with Crippen LogP contribution in [0.3, 0.4) is 0 Å². The Morgan fingerprint density at radius 3 is 2.33 bits per heavy atom. The zero-order chi connectivity index (χ0) is 11.8. The maximum absolute atomic E-state index is 11.4. The Morgan fingerprint density at radius 1 is 1.33 bits per heavy atom. The molecule has 0 atom stereocenters. The van der Waals surface area contributed by atoms with E-state index in [1.165, 1.54) is 6.92 Å². The fourth-order valence-electron chi connectivity index (χ4n) is 0.997. The fourth-order valence-corrected chi connectivity index (χ4v) is 0.997. The third kappa shape index (κ3) is 6.05. The molecule has 3 nitrogen and oxygen atoms in total. The van der Waals surface area contributed by atoms with Crippen molar-refractivity contribution < 1.29 is 14.3 Å². The summed E-state index contributed by atoms with van der Waals surface area (Å²) in [4.78, 5) is 22.6. The van der Waals surface area contributed by atoms with Crippen molar-refractivity contribution in [2.45, 2.75) is 40.5 Å². The molecule has 0 aromatic carbocycles. The number of ketones is 1. The molecule has 0 radical (unpaired) electrons. The monoisotopic (exact) mass is 212 g/mol. The Labute approximate surface area is 91.5 Å². The normalized spacial score (nSPS) is 11.7. The molecule has 0 amide bonds. The van der Waals surface area contributed by atoms with E-state index in [-0.39, 0.29) is 11.4 Å². The van der Waals surface area contributed by atoms with E-state index in [0.29, 0.717) is 12.5 Å². The molecule has 0 unspecified atom stereocenters. The summed E-state index contributed by atoms with van der Waals surface area (Å²) in [5, 5.41) is 0. The second kappa shape index (κ2) is 7.21. The fraction of sp³-hybridized carbons (Fsp3) is 0.667. The van der Waals surface area contributed by atoms with Crippen LogP contribution in [0, 0.1) is 5.92 Å². The van der Waals surface area contributed by atoms with Crippen molar-refractivity contribution in [1.82, 2.24) is 0 Å². The average molecular weight is 212 g/mol. The Balaban J connectivity index is 4.45. The lowest BCUT2D eigenvalue weighted by molar-refractivity contribution is -0.140. The van der Waals surface area contributed by atoms with E-state index in [1.54, 1.807) is 6.08 Å². The second-order valence-electron chi connectivity index (χ2n) is 3.94. The summed E-state index contributed by atoms with van der Waals surface area (Å²) < 4.78 is 4.92. The first-order chi connectivity index (χ1) is 6.99. The van der Waals surface area contributed by atoms with Gasteiger partial charge in [0.05, 0.1) is 12.2 Å². The number of carbonyl (C=O) groups is 2. The van der Waals surface area contributed by atoms with Gasteiger partial charge in [0.2, 0.25) is 0 Å². The smallest absolute Gasteiger partial charge is 0.341 e. The van der Waals surface area contributed by atoms with Gasteiger partial charge in [-0.3, -0.25) is 4.79 Å². The van der Waals surface area contributed by atoms with E-state index in [1.807, 2.05) is 20.8 Å². The van der Waals surface area contributed by atoms with Crippen molar-refractivity contribution in [1.29, 1.82) is 0 Å². The lowest BCUT2D eigenvalue weighted by Crippen LogP contribution is -2.14. The predicted octanol–water partition coefficient (Wildman–Crippen LogP) is 2.50. The molecule has 0 spiro atoms. The van der Waals surface area contributed by atoms with Gasteiger partial charge >= 0.3 is 5.97 Å². The highest BCUT2D eigenvalue weighted by atomic mass is 16.5. The lowest BCUT2D eigenvalue weighted by Gasteiger charge is -2.05. The van der Waals surface area contributed by atoms with Crippen LogP contribution < -0.4 is 0 Å². The van der Waals surface area contributed by atoms with Gasteiger partial charge < -0.3 is 4.74 Å². The van der Waals surface area contributed by atoms with E-state index in [2.05, 4.69) is 0 Å². The van der Waals surface area contributed by atoms with Crippen molar-refractivity contribution in [2.24, 2.45) is 5.92 Å². The van der Waals surface area contributed by atoms with Crippen molar-refractivity contribution in [2.75, 3.05) is 6.61 Å². The molecule has 0 aliphatic heterocycles. The molecule has 0 aromatic heterocycles. The zero-order valence-corrected chi connectivity index (χ0v) is 10.0. The van der Waals surface area contributed by atoms with Gasteiger partial charge in [0, 0.05) is 0 Å². The standard InChI is InChI=1S/C12H20O3/c1-5-8-15-12(14)11(10(4)13)7-6-9(2)3/h7,9H,5-6,8H2,1-4H3. The van der Waals surface area contributed by atoms with E-state index in [9.17, 15) is 9.59 Å². The van der Waals surface area contributed by atoms with Crippen molar-refractivity contribution in [3.63, 3.8) is 0 Å². The Morgan fingerprint density at radius 2 is 1.93 bits per heavy atom. The number of hydrogen-bond acceptors (Lipinski definition) is 3. The second-order valence-corrected chi connectivity index (χ2v) is 3.94. The van der Waals surface area contributed by atoms with Crippen LogP contribution in [0.4, 0.5) is 0 Å². The first-order valence-electron chi connectivity index (χ1n) is 5.37. The number of esters is 1. The molecule has 0 aromatic rings. The van der Waals surface area contributed by atoms with Crippen LogP contribution >= 0.6 is 0 Å². The van der Waals surface area contributed by atoms with Crippen LogP contribution in [0.2, 0.25) is 0 Å². The lowest BCUT2D eigenvalue weighted by atomic mass is 10.1. The molecule has 86 valence electrons. The molecule has 0 saturated heterocycles. The van der Waals surface area contributed by atoms with Gasteiger partial charge in [-0.15, -0.1) is 0 Å². The number of ether oxygens (including phenoxy) is 1. The Hall–Kier alpha value is -1.12. The van der Waals surface area contributed by atoms with Crippen LogP contribution in [-0.2, 0) is 14.3 Å². The number of carbonyl (C=O) groups excluding carboxylic acids is 2. The van der Waals surface area contributed by atoms with Crippen LogP contribution in [0.15, 0.2) is 11.6 Å². The average Bonchev–Trinajstić information content (AvgIpc) is 2.13. The molecular formula is C12H20O3. The first kappa shape index (κ1) is 13.9. The summed E-state index contributed by atoms with van der Waals surface area (Å²) in [5.74, 6) is -0.292. The van der Waals surface area contributed by atoms with Gasteiger partial charge in [0.1, 0.15) is 0 Å². The molecule has 0 N–H and O–H groups in total. The number of Topliss-reactive ketones (excluding diaryl/α,β-unsaturated/α-hetero) is 1. The van der Waals surface area contributed by atoms with Gasteiger partial charge in [-0.1, -0.05) is 26.8 Å². The minimum atomic E-state index is -0.495. The molecule has 15 heavy (non-hydrogen) atoms. The summed E-state index contributed by atoms with van der Waals surface area (Å²) in [6, 6.07) is 0. The maximum Gasteiger partial charge on any atom is 0.341 e. The number of hydrogen-bond donors (Lipinski definition) is 0. The molecule has 0 saturated carbocycles. The number of allylic oxidation sites excluding steroid dienone is 1. The van der Waals surface area contributed by atoms with Gasteiger partial charge in [0.25, 0.3) is 0 Å².